The molecule has 5 heteroatoms. The van der Waals surface area contributed by atoms with Crippen LogP contribution in [0.2, 0.25) is 5.02 Å². The van der Waals surface area contributed by atoms with Gasteiger partial charge in [0.05, 0.1) is 9.85 Å². The molecule has 1 aromatic carbocycles. The molecule has 2 aromatic rings. The Morgan fingerprint density at radius 1 is 1.31 bits per heavy atom. The molecule has 0 aliphatic heterocycles. The van der Waals surface area contributed by atoms with Crippen LogP contribution in [0.15, 0.2) is 34.1 Å². The van der Waals surface area contributed by atoms with Crippen molar-refractivity contribution in [2.45, 2.75) is 4.83 Å². The summed E-state index contributed by atoms with van der Waals surface area (Å²) < 4.78 is 14.0. The fourth-order valence-corrected chi connectivity index (χ4v) is 3.98. The first kappa shape index (κ1) is 12.6. The summed E-state index contributed by atoms with van der Waals surface area (Å²) in [6.07, 6.45) is 0. The molecular weight excluding hydrogens is 378 g/mol. The minimum absolute atomic E-state index is 0.0769. The average Bonchev–Trinajstić information content (AvgIpc) is 2.62. The van der Waals surface area contributed by atoms with E-state index in [4.69, 9.17) is 11.6 Å². The van der Waals surface area contributed by atoms with E-state index < -0.39 is 0 Å². The number of thiophene rings is 1. The normalized spacial score (nSPS) is 12.8. The van der Waals surface area contributed by atoms with Crippen LogP contribution in [0.5, 0.6) is 0 Å². The molecule has 1 atom stereocenters. The lowest BCUT2D eigenvalue weighted by Crippen LogP contribution is -1.91. The van der Waals surface area contributed by atoms with Crippen molar-refractivity contribution in [2.24, 2.45) is 0 Å². The molecule has 16 heavy (non-hydrogen) atoms. The highest BCUT2D eigenvalue weighted by Crippen LogP contribution is 2.39. The van der Waals surface area contributed by atoms with Crippen LogP contribution in [-0.2, 0) is 0 Å². The van der Waals surface area contributed by atoms with Crippen molar-refractivity contribution in [1.29, 1.82) is 0 Å². The minimum atomic E-state index is -0.262. The molecule has 0 spiro atoms. The highest BCUT2D eigenvalue weighted by atomic mass is 79.9. The molecule has 0 radical (unpaired) electrons. The smallest absolute Gasteiger partial charge is 0.124 e. The molecule has 0 nitrogen and oxygen atoms in total. The molecule has 1 unspecified atom stereocenters. The van der Waals surface area contributed by atoms with Crippen LogP contribution in [-0.4, -0.2) is 0 Å². The van der Waals surface area contributed by atoms with Crippen LogP contribution in [0.1, 0.15) is 15.3 Å². The number of halogens is 4. The van der Waals surface area contributed by atoms with Gasteiger partial charge >= 0.3 is 0 Å². The zero-order chi connectivity index (χ0) is 11.7. The summed E-state index contributed by atoms with van der Waals surface area (Å²) in [5.74, 6) is -0.262. The van der Waals surface area contributed by atoms with Gasteiger partial charge < -0.3 is 0 Å². The van der Waals surface area contributed by atoms with Crippen LogP contribution in [0, 0.1) is 5.82 Å². The Morgan fingerprint density at radius 3 is 2.62 bits per heavy atom. The average molecular weight is 384 g/mol. The third kappa shape index (κ3) is 2.67. The van der Waals surface area contributed by atoms with E-state index in [0.29, 0.717) is 5.02 Å². The first-order valence-corrected chi connectivity index (χ1v) is 7.37. The van der Waals surface area contributed by atoms with E-state index in [-0.39, 0.29) is 10.6 Å². The molecule has 84 valence electrons. The monoisotopic (exact) mass is 382 g/mol. The van der Waals surface area contributed by atoms with E-state index >= 15 is 0 Å². The minimum Gasteiger partial charge on any atom is -0.207 e. The van der Waals surface area contributed by atoms with Crippen molar-refractivity contribution in [3.8, 4) is 0 Å². The quantitative estimate of drug-likeness (QED) is 0.575. The van der Waals surface area contributed by atoms with Crippen molar-refractivity contribution < 1.29 is 4.39 Å². The maximum Gasteiger partial charge on any atom is 0.124 e. The van der Waals surface area contributed by atoms with Gasteiger partial charge in [0.15, 0.2) is 0 Å². The van der Waals surface area contributed by atoms with Gasteiger partial charge in [0.25, 0.3) is 0 Å². The zero-order valence-corrected chi connectivity index (χ0v) is 12.6. The maximum absolute atomic E-state index is 13.3. The molecule has 0 fully saturated rings. The standard InChI is InChI=1S/C11H6Br2ClFS/c12-7-3-6(4-8(15)5-7)10(13)11-9(14)1-2-16-11/h1-5,10H. The van der Waals surface area contributed by atoms with E-state index in [0.717, 1.165) is 14.9 Å². The summed E-state index contributed by atoms with van der Waals surface area (Å²) in [6.45, 7) is 0. The SMILES string of the molecule is Fc1cc(Br)cc(C(Br)c2sccc2Cl)c1. The lowest BCUT2D eigenvalue weighted by atomic mass is 10.1. The highest BCUT2D eigenvalue weighted by Gasteiger charge is 2.16. The number of hydrogen-bond acceptors (Lipinski definition) is 1. The Balaban J connectivity index is 2.41. The van der Waals surface area contributed by atoms with Crippen molar-refractivity contribution in [3.05, 3.63) is 55.4 Å². The van der Waals surface area contributed by atoms with E-state index in [1.165, 1.54) is 12.1 Å². The molecule has 0 saturated carbocycles. The van der Waals surface area contributed by atoms with Crippen LogP contribution >= 0.6 is 54.8 Å². The van der Waals surface area contributed by atoms with Crippen LogP contribution in [0.4, 0.5) is 4.39 Å². The van der Waals surface area contributed by atoms with E-state index in [9.17, 15) is 4.39 Å². The molecule has 0 bridgehead atoms. The largest absolute Gasteiger partial charge is 0.207 e. The molecule has 2 rings (SSSR count). The highest BCUT2D eigenvalue weighted by molar-refractivity contribution is 9.10. The van der Waals surface area contributed by atoms with Gasteiger partial charge in [-0.3, -0.25) is 0 Å². The second-order valence-electron chi connectivity index (χ2n) is 3.20. The van der Waals surface area contributed by atoms with Crippen molar-refractivity contribution in [1.82, 2.24) is 0 Å². The van der Waals surface area contributed by atoms with Crippen LogP contribution in [0.25, 0.3) is 0 Å². The predicted molar refractivity (Wildman–Crippen MR) is 74.2 cm³/mol. The molecule has 0 aliphatic carbocycles. The molecule has 0 saturated heterocycles. The number of rotatable bonds is 2. The lowest BCUT2D eigenvalue weighted by molar-refractivity contribution is 0.625. The van der Waals surface area contributed by atoms with Gasteiger partial charge in [0.1, 0.15) is 5.82 Å². The predicted octanol–water partition coefficient (Wildman–Crippen LogP) is 5.79. The third-order valence-electron chi connectivity index (χ3n) is 2.05. The van der Waals surface area contributed by atoms with E-state index in [1.807, 2.05) is 17.5 Å². The van der Waals surface area contributed by atoms with Gasteiger partial charge in [-0.1, -0.05) is 43.5 Å². The number of alkyl halides is 1. The summed E-state index contributed by atoms with van der Waals surface area (Å²) >= 11 is 14.4. The first-order chi connectivity index (χ1) is 7.58. The summed E-state index contributed by atoms with van der Waals surface area (Å²) in [5.41, 5.74) is 0.844. The molecule has 0 aliphatic rings. The van der Waals surface area contributed by atoms with Gasteiger partial charge in [-0.05, 0) is 35.2 Å². The van der Waals surface area contributed by atoms with Gasteiger partial charge in [0.2, 0.25) is 0 Å². The Bertz CT molecular complexity index is 492. The topological polar surface area (TPSA) is 0 Å². The Morgan fingerprint density at radius 2 is 2.06 bits per heavy atom. The van der Waals surface area contributed by atoms with Crippen molar-refractivity contribution in [2.75, 3.05) is 0 Å². The van der Waals surface area contributed by atoms with E-state index in [1.54, 1.807) is 11.3 Å². The summed E-state index contributed by atoms with van der Waals surface area (Å²) in [5, 5.41) is 2.62. The second-order valence-corrected chi connectivity index (χ2v) is 6.38. The summed E-state index contributed by atoms with van der Waals surface area (Å²) in [7, 11) is 0. The lowest BCUT2D eigenvalue weighted by Gasteiger charge is -2.09. The Labute approximate surface area is 119 Å². The van der Waals surface area contributed by atoms with E-state index in [2.05, 4.69) is 31.9 Å². The molecule has 1 heterocycles. The fraction of sp³-hybridized carbons (Fsp3) is 0.0909. The summed E-state index contributed by atoms with van der Waals surface area (Å²) in [4.78, 5) is 0.908. The summed E-state index contributed by atoms with van der Waals surface area (Å²) in [6, 6.07) is 6.64. The molecule has 0 amide bonds. The second kappa shape index (κ2) is 5.17. The van der Waals surface area contributed by atoms with Gasteiger partial charge in [0, 0.05) is 9.35 Å². The third-order valence-corrected chi connectivity index (χ3v) is 5.22. The maximum atomic E-state index is 13.3. The van der Waals surface area contributed by atoms with Crippen molar-refractivity contribution >= 4 is 54.8 Å². The number of hydrogen-bond donors (Lipinski definition) is 0. The van der Waals surface area contributed by atoms with Crippen molar-refractivity contribution in [3.63, 3.8) is 0 Å². The molecule has 1 aromatic heterocycles. The van der Waals surface area contributed by atoms with Crippen LogP contribution in [0.3, 0.4) is 0 Å². The first-order valence-electron chi connectivity index (χ1n) is 4.41. The fourth-order valence-electron chi connectivity index (χ4n) is 1.36. The van der Waals surface area contributed by atoms with Gasteiger partial charge in [-0.25, -0.2) is 4.39 Å². The molecular formula is C11H6Br2ClFS. The Kier molecular flexibility index (Phi) is 4.06. The van der Waals surface area contributed by atoms with Gasteiger partial charge in [-0.2, -0.15) is 0 Å². The van der Waals surface area contributed by atoms with Crippen LogP contribution < -0.4 is 0 Å². The zero-order valence-electron chi connectivity index (χ0n) is 7.88. The number of benzene rings is 1. The van der Waals surface area contributed by atoms with Gasteiger partial charge in [-0.15, -0.1) is 11.3 Å². The Hall–Kier alpha value is 0.1000. The molecule has 0 N–H and O–H groups in total.